The molecule has 1 aromatic carbocycles. The van der Waals surface area contributed by atoms with Crippen LogP contribution in [0.3, 0.4) is 0 Å². The number of nitrogens with zero attached hydrogens (tertiary/aromatic N) is 2. The molecule has 1 saturated heterocycles. The zero-order valence-corrected chi connectivity index (χ0v) is 20.9. The number of hydrogen-bond donors (Lipinski definition) is 2. The first kappa shape index (κ1) is 25.5. The van der Waals surface area contributed by atoms with Crippen molar-refractivity contribution in [2.75, 3.05) is 50.0 Å². The van der Waals surface area contributed by atoms with Crippen molar-refractivity contribution < 1.29 is 8.42 Å². The lowest BCUT2D eigenvalue weighted by atomic mass is 10.0. The number of guanidine groups is 1. The van der Waals surface area contributed by atoms with Crippen molar-refractivity contribution in [3.05, 3.63) is 35.4 Å². The molecule has 0 spiro atoms. The fraction of sp³-hybridized carbons (Fsp3) is 0.632. The minimum absolute atomic E-state index is 0. The van der Waals surface area contributed by atoms with Gasteiger partial charge in [-0.2, -0.15) is 11.8 Å². The lowest BCUT2D eigenvalue weighted by molar-refractivity contribution is 0.443. The van der Waals surface area contributed by atoms with Gasteiger partial charge in [0, 0.05) is 50.1 Å². The van der Waals surface area contributed by atoms with Gasteiger partial charge in [-0.25, -0.2) is 12.7 Å². The topological polar surface area (TPSA) is 73.8 Å². The van der Waals surface area contributed by atoms with E-state index >= 15 is 0 Å². The van der Waals surface area contributed by atoms with Crippen LogP contribution in [0, 0.1) is 6.92 Å². The average Bonchev–Trinajstić information content (AvgIpc) is 2.67. The largest absolute Gasteiger partial charge is 0.357 e. The third kappa shape index (κ3) is 8.46. The van der Waals surface area contributed by atoms with Crippen LogP contribution in [0.5, 0.6) is 0 Å². The average molecular weight is 541 g/mol. The molecule has 2 rings (SSSR count). The normalized spacial score (nSPS) is 16.9. The van der Waals surface area contributed by atoms with E-state index in [1.165, 1.54) is 11.1 Å². The Hall–Kier alpha value is -0.520. The Balaban J connectivity index is 0.00000392. The van der Waals surface area contributed by atoms with Crippen molar-refractivity contribution in [3.63, 3.8) is 0 Å². The molecule has 1 aromatic rings. The van der Waals surface area contributed by atoms with Crippen molar-refractivity contribution in [1.82, 2.24) is 14.9 Å². The van der Waals surface area contributed by atoms with Gasteiger partial charge >= 0.3 is 0 Å². The van der Waals surface area contributed by atoms with E-state index in [9.17, 15) is 8.42 Å². The highest BCUT2D eigenvalue weighted by atomic mass is 127. The molecule has 2 N–H and O–H groups in total. The summed E-state index contributed by atoms with van der Waals surface area (Å²) < 4.78 is 26.4. The van der Waals surface area contributed by atoms with Crippen LogP contribution in [0.2, 0.25) is 0 Å². The van der Waals surface area contributed by atoms with Crippen LogP contribution in [0.25, 0.3) is 0 Å². The van der Waals surface area contributed by atoms with Gasteiger partial charge in [-0.15, -0.1) is 24.0 Å². The standard InChI is InChI=1S/C19H32N4O2S2.HI/c1-4-20-19(22-15-17(3)18-7-5-16(2)6-8-18)21-9-14-27(24,25)23-10-12-26-13-11-23;/h5-8,17H,4,9-15H2,1-3H3,(H2,20,21,22);1H. The van der Waals surface area contributed by atoms with Crippen LogP contribution in [0.4, 0.5) is 0 Å². The van der Waals surface area contributed by atoms with Crippen molar-refractivity contribution in [2.45, 2.75) is 26.7 Å². The summed E-state index contributed by atoms with van der Waals surface area (Å²) in [5.41, 5.74) is 2.50. The summed E-state index contributed by atoms with van der Waals surface area (Å²) in [6.07, 6.45) is 0. The minimum atomic E-state index is -3.20. The van der Waals surface area contributed by atoms with E-state index in [1.807, 2.05) is 18.7 Å². The number of sulfonamides is 1. The number of halogens is 1. The SMILES string of the molecule is CCNC(=NCC(C)c1ccc(C)cc1)NCCS(=O)(=O)N1CCSCC1.I. The first-order chi connectivity index (χ1) is 12.9. The monoisotopic (exact) mass is 540 g/mol. The lowest BCUT2D eigenvalue weighted by Crippen LogP contribution is -2.44. The Morgan fingerprint density at radius 1 is 1.21 bits per heavy atom. The van der Waals surface area contributed by atoms with Gasteiger partial charge in [0.15, 0.2) is 5.96 Å². The number of rotatable bonds is 8. The van der Waals surface area contributed by atoms with Crippen LogP contribution < -0.4 is 10.6 Å². The van der Waals surface area contributed by atoms with Gasteiger partial charge in [0.1, 0.15) is 0 Å². The van der Waals surface area contributed by atoms with Crippen molar-refractivity contribution >= 4 is 51.7 Å². The molecule has 1 aliphatic heterocycles. The summed E-state index contributed by atoms with van der Waals surface area (Å²) >= 11 is 1.81. The molecule has 1 atom stereocenters. The molecule has 1 heterocycles. The predicted octanol–water partition coefficient (Wildman–Crippen LogP) is 2.65. The Bertz CT molecular complexity index is 705. The van der Waals surface area contributed by atoms with Gasteiger partial charge in [0.25, 0.3) is 0 Å². The van der Waals surface area contributed by atoms with Gasteiger partial charge < -0.3 is 10.6 Å². The van der Waals surface area contributed by atoms with Crippen molar-refractivity contribution in [3.8, 4) is 0 Å². The zero-order valence-electron chi connectivity index (χ0n) is 17.0. The highest BCUT2D eigenvalue weighted by molar-refractivity contribution is 14.0. The van der Waals surface area contributed by atoms with E-state index in [0.717, 1.165) is 18.1 Å². The highest BCUT2D eigenvalue weighted by Gasteiger charge is 2.23. The van der Waals surface area contributed by atoms with E-state index in [0.29, 0.717) is 38.1 Å². The Kier molecular flexibility index (Phi) is 11.8. The van der Waals surface area contributed by atoms with E-state index in [-0.39, 0.29) is 29.7 Å². The first-order valence-corrected chi connectivity index (χ1v) is 12.3. The maximum Gasteiger partial charge on any atom is 0.215 e. The van der Waals surface area contributed by atoms with Gasteiger partial charge in [-0.1, -0.05) is 36.8 Å². The third-order valence-corrected chi connectivity index (χ3v) is 7.34. The molecule has 6 nitrogen and oxygen atoms in total. The van der Waals surface area contributed by atoms with Crippen LogP contribution in [0.15, 0.2) is 29.3 Å². The molecule has 1 aliphatic rings. The summed E-state index contributed by atoms with van der Waals surface area (Å²) in [6, 6.07) is 8.50. The van der Waals surface area contributed by atoms with E-state index < -0.39 is 10.0 Å². The molecule has 0 saturated carbocycles. The number of aliphatic imine (C=N–C) groups is 1. The van der Waals surface area contributed by atoms with Crippen LogP contribution >= 0.6 is 35.7 Å². The molecule has 0 aliphatic carbocycles. The number of nitrogens with one attached hydrogen (secondary N) is 2. The van der Waals surface area contributed by atoms with Gasteiger partial charge in [0.05, 0.1) is 5.75 Å². The molecule has 1 fully saturated rings. The second kappa shape index (κ2) is 12.9. The summed E-state index contributed by atoms with van der Waals surface area (Å²) in [5, 5.41) is 6.35. The van der Waals surface area contributed by atoms with Crippen LogP contribution in [-0.2, 0) is 10.0 Å². The maximum atomic E-state index is 12.4. The molecule has 160 valence electrons. The van der Waals surface area contributed by atoms with Crippen LogP contribution in [0.1, 0.15) is 30.9 Å². The Labute approximate surface area is 191 Å². The second-order valence-corrected chi connectivity index (χ2v) is 10.1. The lowest BCUT2D eigenvalue weighted by Gasteiger charge is -2.25. The second-order valence-electron chi connectivity index (χ2n) is 6.79. The molecule has 28 heavy (non-hydrogen) atoms. The third-order valence-electron chi connectivity index (χ3n) is 4.53. The zero-order chi connectivity index (χ0) is 19.7. The van der Waals surface area contributed by atoms with E-state index in [1.54, 1.807) is 4.31 Å². The molecular formula is C19H33IN4O2S2. The maximum absolute atomic E-state index is 12.4. The summed E-state index contributed by atoms with van der Waals surface area (Å²) in [6.45, 7) is 9.21. The molecule has 0 aromatic heterocycles. The fourth-order valence-electron chi connectivity index (χ4n) is 2.82. The first-order valence-electron chi connectivity index (χ1n) is 9.56. The summed E-state index contributed by atoms with van der Waals surface area (Å²) in [5.74, 6) is 2.83. The minimum Gasteiger partial charge on any atom is -0.357 e. The molecule has 0 radical (unpaired) electrons. The predicted molar refractivity (Wildman–Crippen MR) is 132 cm³/mol. The number of aryl methyl sites for hydroxylation is 1. The quantitative estimate of drug-likeness (QED) is 0.302. The highest BCUT2D eigenvalue weighted by Crippen LogP contribution is 2.16. The Morgan fingerprint density at radius 3 is 2.46 bits per heavy atom. The molecule has 0 bridgehead atoms. The summed E-state index contributed by atoms with van der Waals surface area (Å²) in [4.78, 5) is 4.63. The summed E-state index contributed by atoms with van der Waals surface area (Å²) in [7, 11) is -3.20. The molecular weight excluding hydrogens is 507 g/mol. The van der Waals surface area contributed by atoms with E-state index in [2.05, 4.69) is 53.7 Å². The number of hydrogen-bond acceptors (Lipinski definition) is 4. The Morgan fingerprint density at radius 2 is 1.86 bits per heavy atom. The van der Waals surface area contributed by atoms with Gasteiger partial charge in [-0.3, -0.25) is 4.99 Å². The number of benzene rings is 1. The molecule has 0 amide bonds. The van der Waals surface area contributed by atoms with Gasteiger partial charge in [-0.05, 0) is 19.4 Å². The van der Waals surface area contributed by atoms with E-state index in [4.69, 9.17) is 0 Å². The fourth-order valence-corrected chi connectivity index (χ4v) is 5.31. The van der Waals surface area contributed by atoms with Gasteiger partial charge in [0.2, 0.25) is 10.0 Å². The van der Waals surface area contributed by atoms with Crippen molar-refractivity contribution in [1.29, 1.82) is 0 Å². The van der Waals surface area contributed by atoms with Crippen LogP contribution in [-0.4, -0.2) is 68.7 Å². The molecule has 9 heteroatoms. The molecule has 1 unspecified atom stereocenters. The van der Waals surface area contributed by atoms with Crippen molar-refractivity contribution in [2.24, 2.45) is 4.99 Å². The number of thioether (sulfide) groups is 1. The smallest absolute Gasteiger partial charge is 0.215 e.